The van der Waals surface area contributed by atoms with Gasteiger partial charge in [0, 0.05) is 13.1 Å². The number of alkyl carbamates (subject to hydrolysis) is 1. The van der Waals surface area contributed by atoms with Crippen LogP contribution in [0.1, 0.15) is 73.1 Å². The first kappa shape index (κ1) is 19.8. The minimum atomic E-state index is -0.558. The number of carbonyl (C=O) groups is 2. The van der Waals surface area contributed by atoms with Gasteiger partial charge in [0.05, 0.1) is 0 Å². The van der Waals surface area contributed by atoms with E-state index < -0.39 is 17.7 Å². The van der Waals surface area contributed by atoms with Gasteiger partial charge in [0.2, 0.25) is 5.91 Å². The Kier molecular flexibility index (Phi) is 7.86. The van der Waals surface area contributed by atoms with E-state index in [-0.39, 0.29) is 5.91 Å². The first-order valence-electron chi connectivity index (χ1n) is 9.05. The molecule has 1 rings (SSSR count). The van der Waals surface area contributed by atoms with Crippen molar-refractivity contribution in [2.24, 2.45) is 5.92 Å². The molecule has 0 aromatic heterocycles. The lowest BCUT2D eigenvalue weighted by molar-refractivity contribution is -0.133. The Bertz CT molecular complexity index is 380. The number of carbonyl (C=O) groups excluding carboxylic acids is 2. The minimum Gasteiger partial charge on any atom is -0.444 e. The third kappa shape index (κ3) is 7.23. The molecule has 0 aromatic rings. The molecule has 0 unspecified atom stereocenters. The van der Waals surface area contributed by atoms with E-state index in [2.05, 4.69) is 5.32 Å². The molecule has 1 fully saturated rings. The number of nitrogens with one attached hydrogen (secondary N) is 1. The Hall–Kier alpha value is -1.26. The number of ether oxygens (including phenoxy) is 1. The van der Waals surface area contributed by atoms with Gasteiger partial charge in [-0.05, 0) is 47.0 Å². The van der Waals surface area contributed by atoms with Gasteiger partial charge in [0.1, 0.15) is 11.6 Å². The molecule has 0 aliphatic heterocycles. The highest BCUT2D eigenvalue weighted by atomic mass is 16.6. The van der Waals surface area contributed by atoms with E-state index >= 15 is 0 Å². The smallest absolute Gasteiger partial charge is 0.408 e. The summed E-state index contributed by atoms with van der Waals surface area (Å²) in [5.74, 6) is 0.523. The van der Waals surface area contributed by atoms with Crippen molar-refractivity contribution < 1.29 is 14.3 Å². The van der Waals surface area contributed by atoms with Crippen LogP contribution in [0.25, 0.3) is 0 Å². The van der Waals surface area contributed by atoms with Crippen LogP contribution in [0.5, 0.6) is 0 Å². The molecule has 0 aromatic carbocycles. The van der Waals surface area contributed by atoms with Gasteiger partial charge in [-0.25, -0.2) is 4.79 Å². The van der Waals surface area contributed by atoms with Crippen LogP contribution in [0.4, 0.5) is 4.79 Å². The molecular formula is C18H34N2O3. The predicted octanol–water partition coefficient (Wildman–Crippen LogP) is 3.72. The van der Waals surface area contributed by atoms with E-state index in [1.165, 1.54) is 19.3 Å². The Labute approximate surface area is 141 Å². The number of nitrogens with zero attached hydrogens (tertiary/aromatic N) is 1. The Balaban J connectivity index is 2.74. The molecule has 1 atom stereocenters. The molecule has 134 valence electrons. The molecule has 1 aliphatic rings. The predicted molar refractivity (Wildman–Crippen MR) is 92.3 cm³/mol. The summed E-state index contributed by atoms with van der Waals surface area (Å²) < 4.78 is 5.33. The molecule has 0 heterocycles. The SMILES string of the molecule is CCN(CC)C(=O)[C@H](CC1CCCCC1)NC(=O)OC(C)(C)C. The molecule has 1 saturated carbocycles. The van der Waals surface area contributed by atoms with Gasteiger partial charge in [0.15, 0.2) is 0 Å². The maximum absolute atomic E-state index is 12.7. The molecule has 23 heavy (non-hydrogen) atoms. The highest BCUT2D eigenvalue weighted by Crippen LogP contribution is 2.28. The number of hydrogen-bond donors (Lipinski definition) is 1. The lowest BCUT2D eigenvalue weighted by Crippen LogP contribution is -2.50. The zero-order chi connectivity index (χ0) is 17.5. The molecule has 1 N–H and O–H groups in total. The summed E-state index contributed by atoms with van der Waals surface area (Å²) in [6, 6.07) is -0.479. The summed E-state index contributed by atoms with van der Waals surface area (Å²) in [5, 5.41) is 2.82. The van der Waals surface area contributed by atoms with Crippen molar-refractivity contribution in [1.82, 2.24) is 10.2 Å². The summed E-state index contributed by atoms with van der Waals surface area (Å²) in [7, 11) is 0. The second kappa shape index (κ2) is 9.14. The second-order valence-electron chi connectivity index (χ2n) is 7.45. The summed E-state index contributed by atoms with van der Waals surface area (Å²) >= 11 is 0. The van der Waals surface area contributed by atoms with Gasteiger partial charge in [-0.1, -0.05) is 32.1 Å². The molecule has 0 bridgehead atoms. The van der Waals surface area contributed by atoms with Gasteiger partial charge in [-0.2, -0.15) is 0 Å². The highest BCUT2D eigenvalue weighted by Gasteiger charge is 2.29. The highest BCUT2D eigenvalue weighted by molar-refractivity contribution is 5.85. The fourth-order valence-corrected chi connectivity index (χ4v) is 3.18. The Morgan fingerprint density at radius 3 is 2.17 bits per heavy atom. The monoisotopic (exact) mass is 326 g/mol. The van der Waals surface area contributed by atoms with Crippen molar-refractivity contribution in [1.29, 1.82) is 0 Å². The zero-order valence-electron chi connectivity index (χ0n) is 15.5. The van der Waals surface area contributed by atoms with Crippen LogP contribution in [0, 0.1) is 5.92 Å². The summed E-state index contributed by atoms with van der Waals surface area (Å²) in [6.07, 6.45) is 6.25. The van der Waals surface area contributed by atoms with Crippen LogP contribution < -0.4 is 5.32 Å². The molecule has 5 nitrogen and oxygen atoms in total. The van der Waals surface area contributed by atoms with Crippen LogP contribution >= 0.6 is 0 Å². The van der Waals surface area contributed by atoms with Crippen molar-refractivity contribution in [3.05, 3.63) is 0 Å². The number of rotatable bonds is 6. The summed E-state index contributed by atoms with van der Waals surface area (Å²) in [5.41, 5.74) is -0.558. The number of amides is 2. The van der Waals surface area contributed by atoms with Crippen LogP contribution in [-0.4, -0.2) is 41.6 Å². The maximum atomic E-state index is 12.7. The van der Waals surface area contributed by atoms with Crippen LogP contribution in [0.15, 0.2) is 0 Å². The number of hydrogen-bond acceptors (Lipinski definition) is 3. The quantitative estimate of drug-likeness (QED) is 0.809. The number of likely N-dealkylation sites (N-methyl/N-ethyl adjacent to an activating group) is 1. The fraction of sp³-hybridized carbons (Fsp3) is 0.889. The van der Waals surface area contributed by atoms with Crippen molar-refractivity contribution >= 4 is 12.0 Å². The van der Waals surface area contributed by atoms with Crippen LogP contribution in [0.2, 0.25) is 0 Å². The fourth-order valence-electron chi connectivity index (χ4n) is 3.18. The Morgan fingerprint density at radius 2 is 1.70 bits per heavy atom. The molecule has 0 saturated heterocycles. The van der Waals surface area contributed by atoms with E-state index in [1.54, 1.807) is 4.90 Å². The van der Waals surface area contributed by atoms with E-state index in [0.717, 1.165) is 12.8 Å². The normalized spacial score (nSPS) is 17.4. The first-order chi connectivity index (χ1) is 10.8. The van der Waals surface area contributed by atoms with Crippen molar-refractivity contribution in [3.8, 4) is 0 Å². The van der Waals surface area contributed by atoms with Crippen molar-refractivity contribution in [2.75, 3.05) is 13.1 Å². The summed E-state index contributed by atoms with van der Waals surface area (Å²) in [4.78, 5) is 26.6. The molecule has 5 heteroatoms. The first-order valence-corrected chi connectivity index (χ1v) is 9.05. The molecule has 2 amide bonds. The lowest BCUT2D eigenvalue weighted by Gasteiger charge is -2.30. The average molecular weight is 326 g/mol. The van der Waals surface area contributed by atoms with E-state index in [9.17, 15) is 9.59 Å². The minimum absolute atomic E-state index is 0.00596. The topological polar surface area (TPSA) is 58.6 Å². The third-order valence-electron chi connectivity index (χ3n) is 4.36. The average Bonchev–Trinajstić information content (AvgIpc) is 2.47. The van der Waals surface area contributed by atoms with Gasteiger partial charge < -0.3 is 15.0 Å². The second-order valence-corrected chi connectivity index (χ2v) is 7.45. The Morgan fingerprint density at radius 1 is 1.13 bits per heavy atom. The van der Waals surface area contributed by atoms with Gasteiger partial charge in [-0.3, -0.25) is 4.79 Å². The maximum Gasteiger partial charge on any atom is 0.408 e. The molecule has 0 radical (unpaired) electrons. The van der Waals surface area contributed by atoms with Gasteiger partial charge in [-0.15, -0.1) is 0 Å². The van der Waals surface area contributed by atoms with E-state index in [0.29, 0.717) is 25.4 Å². The lowest BCUT2D eigenvalue weighted by atomic mass is 9.84. The largest absolute Gasteiger partial charge is 0.444 e. The van der Waals surface area contributed by atoms with Crippen molar-refractivity contribution in [3.63, 3.8) is 0 Å². The van der Waals surface area contributed by atoms with Gasteiger partial charge in [0.25, 0.3) is 0 Å². The molecule has 1 aliphatic carbocycles. The van der Waals surface area contributed by atoms with Crippen LogP contribution in [0.3, 0.4) is 0 Å². The zero-order valence-corrected chi connectivity index (χ0v) is 15.5. The van der Waals surface area contributed by atoms with E-state index in [1.807, 2.05) is 34.6 Å². The van der Waals surface area contributed by atoms with Gasteiger partial charge >= 0.3 is 6.09 Å². The molecule has 0 spiro atoms. The third-order valence-corrected chi connectivity index (χ3v) is 4.36. The molecular weight excluding hydrogens is 292 g/mol. The van der Waals surface area contributed by atoms with Crippen LogP contribution in [-0.2, 0) is 9.53 Å². The summed E-state index contributed by atoms with van der Waals surface area (Å²) in [6.45, 7) is 10.7. The standard InChI is InChI=1S/C18H34N2O3/c1-6-20(7-2)16(21)15(13-14-11-9-8-10-12-14)19-17(22)23-18(3,4)5/h14-15H,6-13H2,1-5H3,(H,19,22)/t15-/m0/s1. The van der Waals surface area contributed by atoms with Crippen molar-refractivity contribution in [2.45, 2.75) is 84.8 Å². The van der Waals surface area contributed by atoms with E-state index in [4.69, 9.17) is 4.74 Å².